The lowest BCUT2D eigenvalue weighted by Crippen LogP contribution is -3.12. The Kier molecular flexibility index (Phi) is 7.12. The molecule has 2 atom stereocenters. The van der Waals surface area contributed by atoms with Gasteiger partial charge in [-0.1, -0.05) is 47.5 Å². The molecule has 25 heavy (non-hydrogen) atoms. The van der Waals surface area contributed by atoms with Gasteiger partial charge >= 0.3 is 0 Å². The van der Waals surface area contributed by atoms with Crippen LogP contribution in [-0.4, -0.2) is 26.1 Å². The van der Waals surface area contributed by atoms with Crippen LogP contribution in [0.15, 0.2) is 42.5 Å². The van der Waals surface area contributed by atoms with Crippen molar-refractivity contribution >= 4 is 29.1 Å². The Labute approximate surface area is 158 Å². The lowest BCUT2D eigenvalue weighted by atomic mass is 10.1. The zero-order valence-electron chi connectivity index (χ0n) is 14.6. The minimum atomic E-state index is -0.215. The van der Waals surface area contributed by atoms with Crippen molar-refractivity contribution in [2.75, 3.05) is 14.2 Å². The Morgan fingerprint density at radius 2 is 1.88 bits per heavy atom. The Hall–Kier alpha value is -1.75. The fraction of sp³-hybridized carbons (Fsp3) is 0.316. The number of hydrogen-bond acceptors (Lipinski definition) is 2. The molecule has 2 aromatic rings. The summed E-state index contributed by atoms with van der Waals surface area (Å²) in [7, 11) is 3.60. The Morgan fingerprint density at radius 1 is 1.20 bits per heavy atom. The maximum atomic E-state index is 12.4. The Bertz CT molecular complexity index is 720. The number of likely N-dealkylation sites (N-methyl/N-ethyl adjacent to an activating group) is 1. The van der Waals surface area contributed by atoms with Crippen LogP contribution in [0, 0.1) is 0 Å². The number of rotatable bonds is 7. The van der Waals surface area contributed by atoms with Crippen molar-refractivity contribution in [2.24, 2.45) is 0 Å². The number of amides is 1. The fourth-order valence-corrected chi connectivity index (χ4v) is 2.83. The first-order chi connectivity index (χ1) is 11.9. The molecule has 0 radical (unpaired) electrons. The molecule has 0 spiro atoms. The van der Waals surface area contributed by atoms with E-state index in [-0.39, 0.29) is 11.9 Å². The van der Waals surface area contributed by atoms with E-state index in [1.54, 1.807) is 13.2 Å². The molecule has 6 heteroatoms. The normalized spacial score (nSPS) is 13.2. The minimum Gasteiger partial charge on any atom is -0.497 e. The Balaban J connectivity index is 1.90. The second kappa shape index (κ2) is 9.09. The molecule has 0 aliphatic rings. The summed E-state index contributed by atoms with van der Waals surface area (Å²) in [6.07, 6.45) is 0. The predicted octanol–water partition coefficient (Wildman–Crippen LogP) is 2.72. The maximum Gasteiger partial charge on any atom is 0.278 e. The highest BCUT2D eigenvalue weighted by Gasteiger charge is 2.22. The van der Waals surface area contributed by atoms with E-state index >= 15 is 0 Å². The van der Waals surface area contributed by atoms with Crippen molar-refractivity contribution in [2.45, 2.75) is 26.1 Å². The van der Waals surface area contributed by atoms with E-state index in [9.17, 15) is 4.79 Å². The highest BCUT2D eigenvalue weighted by molar-refractivity contribution is 6.42. The number of nitrogens with one attached hydrogen (secondary N) is 2. The topological polar surface area (TPSA) is 42.8 Å². The molecule has 0 aliphatic heterocycles. The van der Waals surface area contributed by atoms with Crippen molar-refractivity contribution in [3.63, 3.8) is 0 Å². The van der Waals surface area contributed by atoms with Gasteiger partial charge in [0.05, 0.1) is 24.2 Å². The van der Waals surface area contributed by atoms with Crippen molar-refractivity contribution in [3.8, 4) is 5.75 Å². The summed E-state index contributed by atoms with van der Waals surface area (Å²) in [5.74, 6) is 0.789. The summed E-state index contributed by atoms with van der Waals surface area (Å²) < 4.78 is 5.13. The molecule has 2 aromatic carbocycles. The molecule has 0 bridgehead atoms. The summed E-state index contributed by atoms with van der Waals surface area (Å²) in [5, 5.41) is 4.05. The van der Waals surface area contributed by atoms with Gasteiger partial charge < -0.3 is 15.0 Å². The summed E-state index contributed by atoms with van der Waals surface area (Å²) in [4.78, 5) is 13.4. The number of benzene rings is 2. The second-order valence-corrected chi connectivity index (χ2v) is 6.81. The molecule has 0 saturated carbocycles. The van der Waals surface area contributed by atoms with E-state index in [0.717, 1.165) is 21.8 Å². The number of halogens is 2. The summed E-state index contributed by atoms with van der Waals surface area (Å²) >= 11 is 12.3. The fourth-order valence-electron chi connectivity index (χ4n) is 2.45. The first-order valence-electron chi connectivity index (χ1n) is 8.08. The summed E-state index contributed by atoms with van der Waals surface area (Å²) in [5.41, 5.74) is 1.96. The molecule has 1 amide bonds. The van der Waals surface area contributed by atoms with Gasteiger partial charge in [0, 0.05) is 12.1 Å². The lowest BCUT2D eigenvalue weighted by molar-refractivity contribution is -0.908. The zero-order chi connectivity index (χ0) is 18.4. The van der Waals surface area contributed by atoms with Crippen LogP contribution in [0.1, 0.15) is 18.1 Å². The number of hydrogen-bond donors (Lipinski definition) is 2. The zero-order valence-corrected chi connectivity index (χ0v) is 16.1. The minimum absolute atomic E-state index is 0.00790. The quantitative estimate of drug-likeness (QED) is 0.774. The molecule has 0 heterocycles. The van der Waals surface area contributed by atoms with Gasteiger partial charge in [-0.05, 0) is 30.7 Å². The molecule has 4 nitrogen and oxygen atoms in total. The number of ether oxygens (including phenoxy) is 1. The molecular weight excluding hydrogens is 359 g/mol. The van der Waals surface area contributed by atoms with Gasteiger partial charge in [-0.25, -0.2) is 0 Å². The van der Waals surface area contributed by atoms with Crippen LogP contribution in [0.2, 0.25) is 10.0 Å². The number of quaternary nitrogens is 1. The van der Waals surface area contributed by atoms with Gasteiger partial charge in [-0.15, -0.1) is 0 Å². The van der Waals surface area contributed by atoms with E-state index in [1.165, 1.54) is 0 Å². The van der Waals surface area contributed by atoms with Gasteiger partial charge in [0.15, 0.2) is 6.04 Å². The average molecular weight is 382 g/mol. The molecule has 0 aromatic heterocycles. The van der Waals surface area contributed by atoms with E-state index < -0.39 is 0 Å². The largest absolute Gasteiger partial charge is 0.497 e. The second-order valence-electron chi connectivity index (χ2n) is 6.02. The van der Waals surface area contributed by atoms with Gasteiger partial charge in [-0.3, -0.25) is 4.79 Å². The van der Waals surface area contributed by atoms with Crippen molar-refractivity contribution in [3.05, 3.63) is 63.6 Å². The highest BCUT2D eigenvalue weighted by Crippen LogP contribution is 2.24. The average Bonchev–Trinajstić information content (AvgIpc) is 2.63. The van der Waals surface area contributed by atoms with Gasteiger partial charge in [0.25, 0.3) is 5.91 Å². The lowest BCUT2D eigenvalue weighted by Gasteiger charge is -2.21. The molecule has 0 saturated heterocycles. The first-order valence-corrected chi connectivity index (χ1v) is 8.83. The SMILES string of the molecule is COc1ccc(CNC(=O)[C@H](C)[NH+](C)Cc2cccc(Cl)c2Cl)cc1. The smallest absolute Gasteiger partial charge is 0.278 e. The first kappa shape index (κ1) is 19.6. The molecule has 2 rings (SSSR count). The molecule has 134 valence electrons. The van der Waals surface area contributed by atoms with Crippen molar-refractivity contribution in [1.82, 2.24) is 5.32 Å². The van der Waals surface area contributed by atoms with E-state index in [1.807, 2.05) is 50.4 Å². The molecule has 0 fully saturated rings. The van der Waals surface area contributed by atoms with Crippen molar-refractivity contribution < 1.29 is 14.4 Å². The third-order valence-electron chi connectivity index (χ3n) is 4.26. The molecule has 1 unspecified atom stereocenters. The Morgan fingerprint density at radius 3 is 2.52 bits per heavy atom. The maximum absolute atomic E-state index is 12.4. The van der Waals surface area contributed by atoms with Crippen LogP contribution in [0.25, 0.3) is 0 Å². The van der Waals surface area contributed by atoms with E-state index in [4.69, 9.17) is 27.9 Å². The van der Waals surface area contributed by atoms with Gasteiger partial charge in [-0.2, -0.15) is 0 Å². The number of carbonyl (C=O) groups excluding carboxylic acids is 1. The van der Waals surface area contributed by atoms with Gasteiger partial charge in [0.2, 0.25) is 0 Å². The van der Waals surface area contributed by atoms with Crippen LogP contribution in [0.5, 0.6) is 5.75 Å². The molecule has 0 aliphatic carbocycles. The van der Waals surface area contributed by atoms with Crippen molar-refractivity contribution in [1.29, 1.82) is 0 Å². The monoisotopic (exact) mass is 381 g/mol. The van der Waals surface area contributed by atoms with Crippen LogP contribution >= 0.6 is 23.2 Å². The van der Waals surface area contributed by atoms with Crippen LogP contribution in [0.3, 0.4) is 0 Å². The van der Waals surface area contributed by atoms with E-state index in [0.29, 0.717) is 23.1 Å². The summed E-state index contributed by atoms with van der Waals surface area (Å²) in [6, 6.07) is 13.0. The van der Waals surface area contributed by atoms with Gasteiger partial charge in [0.1, 0.15) is 12.3 Å². The van der Waals surface area contributed by atoms with Crippen LogP contribution in [-0.2, 0) is 17.9 Å². The highest BCUT2D eigenvalue weighted by atomic mass is 35.5. The standard InChI is InChI=1S/C19H22Cl2N2O2/c1-13(23(2)12-15-5-4-6-17(20)18(15)21)19(24)22-11-14-7-9-16(25-3)10-8-14/h4-10,13H,11-12H2,1-3H3,(H,22,24)/p+1/t13-/m0/s1. The summed E-state index contributed by atoms with van der Waals surface area (Å²) in [6.45, 7) is 3.01. The van der Waals surface area contributed by atoms with Crippen LogP contribution in [0.4, 0.5) is 0 Å². The third-order valence-corrected chi connectivity index (χ3v) is 5.12. The molecular formula is C19H23Cl2N2O2+. The third kappa shape index (κ3) is 5.36. The van der Waals surface area contributed by atoms with Crippen LogP contribution < -0.4 is 15.0 Å². The number of methoxy groups -OCH3 is 1. The molecule has 2 N–H and O–H groups in total. The van der Waals surface area contributed by atoms with E-state index in [2.05, 4.69) is 5.32 Å². The predicted molar refractivity (Wildman–Crippen MR) is 101 cm³/mol. The number of carbonyl (C=O) groups is 1.